The minimum Gasteiger partial charge on any atom is -0.338 e. The van der Waals surface area contributed by atoms with Gasteiger partial charge in [0.2, 0.25) is 16.9 Å². The number of halogens is 1. The maximum Gasteiger partial charge on any atom is 0.237 e. The highest BCUT2D eigenvalue weighted by Crippen LogP contribution is 2.24. The first-order valence-corrected chi connectivity index (χ1v) is 9.70. The SMILES string of the molecule is CN1CC[C@@H](Cn2nnnc2SCc2nc(-c3ccc(Cl)cc3)no2)C1. The Morgan fingerprint density at radius 2 is 2.15 bits per heavy atom. The second kappa shape index (κ2) is 7.73. The lowest BCUT2D eigenvalue weighted by Gasteiger charge is -2.10. The topological polar surface area (TPSA) is 85.8 Å². The Labute approximate surface area is 159 Å². The number of nitrogens with zero attached hydrogens (tertiary/aromatic N) is 7. The highest BCUT2D eigenvalue weighted by Gasteiger charge is 2.22. The molecule has 1 atom stereocenters. The third-order valence-corrected chi connectivity index (χ3v) is 5.51. The molecule has 1 saturated heterocycles. The molecule has 0 spiro atoms. The molecule has 0 unspecified atom stereocenters. The van der Waals surface area contributed by atoms with Crippen LogP contribution in [-0.2, 0) is 12.3 Å². The monoisotopic (exact) mass is 391 g/mol. The first-order chi connectivity index (χ1) is 12.7. The lowest BCUT2D eigenvalue weighted by molar-refractivity contribution is 0.359. The molecule has 8 nitrogen and oxygen atoms in total. The molecule has 0 aliphatic carbocycles. The van der Waals surface area contributed by atoms with Crippen LogP contribution >= 0.6 is 23.4 Å². The number of tetrazole rings is 1. The van der Waals surface area contributed by atoms with Crippen LogP contribution in [-0.4, -0.2) is 55.4 Å². The van der Waals surface area contributed by atoms with Crippen LogP contribution in [0, 0.1) is 5.92 Å². The fourth-order valence-electron chi connectivity index (χ4n) is 2.99. The average Bonchev–Trinajstić information content (AvgIpc) is 3.36. The highest BCUT2D eigenvalue weighted by atomic mass is 35.5. The van der Waals surface area contributed by atoms with Crippen LogP contribution in [0.15, 0.2) is 33.9 Å². The molecule has 2 aromatic heterocycles. The van der Waals surface area contributed by atoms with Gasteiger partial charge in [-0.1, -0.05) is 28.5 Å². The van der Waals surface area contributed by atoms with Crippen molar-refractivity contribution in [3.8, 4) is 11.4 Å². The molecule has 1 aliphatic rings. The van der Waals surface area contributed by atoms with E-state index in [9.17, 15) is 0 Å². The summed E-state index contributed by atoms with van der Waals surface area (Å²) in [7, 11) is 2.14. The van der Waals surface area contributed by atoms with Gasteiger partial charge in [-0.3, -0.25) is 0 Å². The van der Waals surface area contributed by atoms with E-state index in [0.717, 1.165) is 30.4 Å². The van der Waals surface area contributed by atoms with Crippen LogP contribution in [0.25, 0.3) is 11.4 Å². The lowest BCUT2D eigenvalue weighted by Crippen LogP contribution is -2.18. The van der Waals surface area contributed by atoms with Crippen LogP contribution in [0.4, 0.5) is 0 Å². The third kappa shape index (κ3) is 4.05. The van der Waals surface area contributed by atoms with Crippen molar-refractivity contribution in [1.82, 2.24) is 35.2 Å². The Kier molecular flexibility index (Phi) is 5.18. The van der Waals surface area contributed by atoms with E-state index in [2.05, 4.69) is 37.6 Å². The van der Waals surface area contributed by atoms with Crippen molar-refractivity contribution in [2.24, 2.45) is 5.92 Å². The summed E-state index contributed by atoms with van der Waals surface area (Å²) in [6.07, 6.45) is 1.18. The summed E-state index contributed by atoms with van der Waals surface area (Å²) in [6.45, 7) is 3.04. The number of thioether (sulfide) groups is 1. The molecule has 1 aromatic carbocycles. The molecule has 0 bridgehead atoms. The van der Waals surface area contributed by atoms with Gasteiger partial charge in [0.05, 0.1) is 5.75 Å². The van der Waals surface area contributed by atoms with Crippen molar-refractivity contribution in [2.75, 3.05) is 20.1 Å². The number of likely N-dealkylation sites (tertiary alicyclic amines) is 1. The Bertz CT molecular complexity index is 866. The Morgan fingerprint density at radius 3 is 2.92 bits per heavy atom. The lowest BCUT2D eigenvalue weighted by atomic mass is 10.1. The van der Waals surface area contributed by atoms with Crippen LogP contribution in [0.2, 0.25) is 5.02 Å². The normalized spacial score (nSPS) is 17.8. The van der Waals surface area contributed by atoms with Gasteiger partial charge in [-0.05, 0) is 60.6 Å². The average molecular weight is 392 g/mol. The molecule has 3 aromatic rings. The van der Waals surface area contributed by atoms with E-state index in [1.165, 1.54) is 18.2 Å². The van der Waals surface area contributed by atoms with Gasteiger partial charge >= 0.3 is 0 Å². The van der Waals surface area contributed by atoms with Gasteiger partial charge in [0, 0.05) is 23.7 Å². The number of rotatable bonds is 6. The van der Waals surface area contributed by atoms with Crippen LogP contribution in [0.5, 0.6) is 0 Å². The predicted octanol–water partition coefficient (Wildman–Crippen LogP) is 2.62. The van der Waals surface area contributed by atoms with Crippen molar-refractivity contribution in [2.45, 2.75) is 23.9 Å². The third-order valence-electron chi connectivity index (χ3n) is 4.31. The molecule has 0 radical (unpaired) electrons. The Balaban J connectivity index is 1.38. The zero-order valence-corrected chi connectivity index (χ0v) is 15.8. The maximum absolute atomic E-state index is 5.90. The fraction of sp³-hybridized carbons (Fsp3) is 0.438. The second-order valence-electron chi connectivity index (χ2n) is 6.37. The largest absolute Gasteiger partial charge is 0.338 e. The number of hydrogen-bond acceptors (Lipinski definition) is 8. The summed E-state index contributed by atoms with van der Waals surface area (Å²) in [5.41, 5.74) is 0.865. The fourth-order valence-corrected chi connectivity index (χ4v) is 3.84. The minimum absolute atomic E-state index is 0.519. The van der Waals surface area contributed by atoms with Gasteiger partial charge in [0.25, 0.3) is 0 Å². The van der Waals surface area contributed by atoms with Crippen molar-refractivity contribution >= 4 is 23.4 Å². The molecule has 0 amide bonds. The summed E-state index contributed by atoms with van der Waals surface area (Å²) >= 11 is 7.40. The maximum atomic E-state index is 5.90. The van der Waals surface area contributed by atoms with E-state index < -0.39 is 0 Å². The van der Waals surface area contributed by atoms with Gasteiger partial charge < -0.3 is 9.42 Å². The Morgan fingerprint density at radius 1 is 1.31 bits per heavy atom. The zero-order valence-electron chi connectivity index (χ0n) is 14.2. The standard InChI is InChI=1S/C16H18ClN7OS/c1-23-7-6-11(8-23)9-24-16(19-21-22-24)26-10-14-18-15(20-25-14)12-2-4-13(17)5-3-12/h2-5,11H,6-10H2,1H3/t11-/m1/s1. The molecule has 136 valence electrons. The zero-order chi connectivity index (χ0) is 17.9. The Hall–Kier alpha value is -1.97. The predicted molar refractivity (Wildman–Crippen MR) is 97.7 cm³/mol. The van der Waals surface area contributed by atoms with Crippen molar-refractivity contribution < 1.29 is 4.52 Å². The summed E-state index contributed by atoms with van der Waals surface area (Å²) in [5, 5.41) is 17.5. The molecule has 10 heteroatoms. The van der Waals surface area contributed by atoms with Crippen molar-refractivity contribution in [1.29, 1.82) is 0 Å². The quantitative estimate of drug-likeness (QED) is 0.593. The van der Waals surface area contributed by atoms with Gasteiger partial charge in [0.15, 0.2) is 0 Å². The number of aromatic nitrogens is 6. The molecule has 26 heavy (non-hydrogen) atoms. The van der Waals surface area contributed by atoms with Crippen molar-refractivity contribution in [3.63, 3.8) is 0 Å². The van der Waals surface area contributed by atoms with Crippen molar-refractivity contribution in [3.05, 3.63) is 35.2 Å². The molecule has 1 aliphatic heterocycles. The van der Waals surface area contributed by atoms with Gasteiger partial charge in [-0.15, -0.1) is 5.10 Å². The number of benzene rings is 1. The second-order valence-corrected chi connectivity index (χ2v) is 7.75. The van der Waals surface area contributed by atoms with Crippen LogP contribution < -0.4 is 0 Å². The van der Waals surface area contributed by atoms with E-state index in [-0.39, 0.29) is 0 Å². The first-order valence-electron chi connectivity index (χ1n) is 8.33. The van der Waals surface area contributed by atoms with Gasteiger partial charge in [-0.2, -0.15) is 4.98 Å². The van der Waals surface area contributed by atoms with Gasteiger partial charge in [0.1, 0.15) is 0 Å². The smallest absolute Gasteiger partial charge is 0.237 e. The summed E-state index contributed by atoms with van der Waals surface area (Å²) in [4.78, 5) is 6.76. The van der Waals surface area contributed by atoms with Crippen LogP contribution in [0.3, 0.4) is 0 Å². The van der Waals surface area contributed by atoms with E-state index >= 15 is 0 Å². The summed E-state index contributed by atoms with van der Waals surface area (Å²) in [5.74, 6) is 2.19. The van der Waals surface area contributed by atoms with E-state index in [1.807, 2.05) is 16.8 Å². The first kappa shape index (κ1) is 17.4. The minimum atomic E-state index is 0.519. The van der Waals surface area contributed by atoms with E-state index in [1.54, 1.807) is 12.1 Å². The molecule has 3 heterocycles. The number of hydrogen-bond donors (Lipinski definition) is 0. The molecule has 0 saturated carbocycles. The molecular weight excluding hydrogens is 374 g/mol. The highest BCUT2D eigenvalue weighted by molar-refractivity contribution is 7.98. The molecule has 4 rings (SSSR count). The van der Waals surface area contributed by atoms with E-state index in [0.29, 0.717) is 28.4 Å². The van der Waals surface area contributed by atoms with Crippen LogP contribution in [0.1, 0.15) is 12.3 Å². The van der Waals surface area contributed by atoms with Gasteiger partial charge in [-0.25, -0.2) is 4.68 Å². The van der Waals surface area contributed by atoms with E-state index in [4.69, 9.17) is 16.1 Å². The molecule has 1 fully saturated rings. The summed E-state index contributed by atoms with van der Waals surface area (Å²) < 4.78 is 7.20. The molecular formula is C16H18ClN7OS. The molecule has 0 N–H and O–H groups in total. The summed E-state index contributed by atoms with van der Waals surface area (Å²) in [6, 6.07) is 7.33.